The summed E-state index contributed by atoms with van der Waals surface area (Å²) in [7, 11) is 0. The van der Waals surface area contributed by atoms with Crippen molar-refractivity contribution in [3.8, 4) is 33.4 Å². The van der Waals surface area contributed by atoms with E-state index in [-0.39, 0.29) is 17.4 Å². The summed E-state index contributed by atoms with van der Waals surface area (Å²) in [5.41, 5.74) is 15.3. The first-order chi connectivity index (χ1) is 25.0. The van der Waals surface area contributed by atoms with Crippen molar-refractivity contribution in [1.82, 2.24) is 0 Å². The molecule has 246 valence electrons. The maximum Gasteiger partial charge on any atom is 0.0586 e. The largest absolute Gasteiger partial charge is 0.333 e. The van der Waals surface area contributed by atoms with Crippen LogP contribution in [0.2, 0.25) is 0 Å². The highest BCUT2D eigenvalue weighted by molar-refractivity contribution is 6.01. The third-order valence-corrected chi connectivity index (χ3v) is 11.1. The summed E-state index contributed by atoms with van der Waals surface area (Å²) in [4.78, 5) is 2.61. The predicted octanol–water partition coefficient (Wildman–Crippen LogP) is 13.3. The summed E-state index contributed by atoms with van der Waals surface area (Å²) in [6.45, 7) is 7.11. The molecule has 1 nitrogen and oxygen atoms in total. The Morgan fingerprint density at radius 3 is 1.94 bits per heavy atom. The number of fused-ring (bicyclic) bond motifs is 4. The lowest BCUT2D eigenvalue weighted by molar-refractivity contribution is 0.612. The highest BCUT2D eigenvalue weighted by Gasteiger charge is 2.38. The van der Waals surface area contributed by atoms with Gasteiger partial charge in [-0.2, -0.15) is 0 Å². The van der Waals surface area contributed by atoms with Crippen molar-refractivity contribution >= 4 is 27.7 Å². The van der Waals surface area contributed by atoms with E-state index in [0.717, 1.165) is 0 Å². The van der Waals surface area contributed by atoms with Crippen molar-refractivity contribution in [2.45, 2.75) is 32.2 Å². The summed E-state index contributed by atoms with van der Waals surface area (Å²) in [5, 5.41) is 2.54. The number of anilines is 2. The third kappa shape index (κ3) is 5.24. The zero-order valence-electron chi connectivity index (χ0n) is 29.4. The van der Waals surface area contributed by atoms with Crippen molar-refractivity contribution in [3.63, 3.8) is 0 Å². The summed E-state index contributed by atoms with van der Waals surface area (Å²) >= 11 is 0. The summed E-state index contributed by atoms with van der Waals surface area (Å²) in [5.74, 6) is 0.231. The number of hydrogen-bond acceptors (Lipinski definition) is 1. The molecule has 7 aromatic rings. The van der Waals surface area contributed by atoms with Crippen LogP contribution < -0.4 is 4.90 Å². The molecule has 2 unspecified atom stereocenters. The Morgan fingerprint density at radius 2 is 1.14 bits per heavy atom. The second-order valence-electron chi connectivity index (χ2n) is 14.6. The highest BCUT2D eigenvalue weighted by atomic mass is 15.2. The molecule has 2 aliphatic carbocycles. The smallest absolute Gasteiger partial charge is 0.0586 e. The second-order valence-corrected chi connectivity index (χ2v) is 14.6. The molecule has 0 fully saturated rings. The monoisotopic (exact) mass is 655 g/mol. The quantitative estimate of drug-likeness (QED) is 0.172. The molecule has 51 heavy (non-hydrogen) atoms. The van der Waals surface area contributed by atoms with Crippen LogP contribution in [-0.4, -0.2) is 6.04 Å². The standard InChI is InChI=1S/C50H41N/c1-34-32-38(39-29-28-35-16-10-11-19-37(35)33-39)30-31-47(34)51(40-20-8-5-9-21-40)49-41(36-17-6-4-7-18-36)23-14-25-43(49)42-24-15-27-46-48(42)44-22-12-13-26-45(44)50(46,2)3/h4-34,47H,1-3H3. The van der Waals surface area contributed by atoms with Crippen LogP contribution in [-0.2, 0) is 5.41 Å². The molecule has 0 aromatic heterocycles. The van der Waals surface area contributed by atoms with E-state index in [1.807, 2.05) is 0 Å². The van der Waals surface area contributed by atoms with E-state index in [1.165, 1.54) is 77.8 Å². The molecule has 9 rings (SSSR count). The molecule has 0 saturated heterocycles. The van der Waals surface area contributed by atoms with Crippen molar-refractivity contribution in [2.75, 3.05) is 4.90 Å². The molecule has 7 aromatic carbocycles. The minimum Gasteiger partial charge on any atom is -0.333 e. The average molecular weight is 656 g/mol. The fraction of sp³-hybridized carbons (Fsp3) is 0.120. The molecule has 0 N–H and O–H groups in total. The van der Waals surface area contributed by atoms with Crippen molar-refractivity contribution in [1.29, 1.82) is 0 Å². The molecule has 0 amide bonds. The average Bonchev–Trinajstić information content (AvgIpc) is 3.42. The first-order valence-electron chi connectivity index (χ1n) is 18.1. The molecule has 0 bridgehead atoms. The van der Waals surface area contributed by atoms with Crippen LogP contribution in [0.1, 0.15) is 37.5 Å². The molecule has 1 heteroatoms. The molecule has 0 heterocycles. The SMILES string of the molecule is CC1C=C(c2ccc3ccccc3c2)C=CC1N(c1ccccc1)c1c(-c2ccccc2)cccc1-c1cccc2c1-c1ccccc1C2(C)C. The van der Waals surface area contributed by atoms with E-state index in [0.29, 0.717) is 0 Å². The van der Waals surface area contributed by atoms with E-state index in [4.69, 9.17) is 0 Å². The van der Waals surface area contributed by atoms with Gasteiger partial charge in [0.25, 0.3) is 0 Å². The first-order valence-corrected chi connectivity index (χ1v) is 18.1. The van der Waals surface area contributed by atoms with E-state index in [2.05, 4.69) is 208 Å². The van der Waals surface area contributed by atoms with Gasteiger partial charge in [-0.05, 0) is 79.4 Å². The van der Waals surface area contributed by atoms with Gasteiger partial charge in [0, 0.05) is 22.2 Å². The number of rotatable bonds is 6. The van der Waals surface area contributed by atoms with Crippen molar-refractivity contribution in [3.05, 3.63) is 199 Å². The number of hydrogen-bond donors (Lipinski definition) is 0. The van der Waals surface area contributed by atoms with Gasteiger partial charge in [0.2, 0.25) is 0 Å². The van der Waals surface area contributed by atoms with Crippen LogP contribution in [0.4, 0.5) is 11.4 Å². The van der Waals surface area contributed by atoms with Crippen LogP contribution in [0, 0.1) is 5.92 Å². The molecule has 2 atom stereocenters. The highest BCUT2D eigenvalue weighted by Crippen LogP contribution is 2.54. The Kier molecular flexibility index (Phi) is 7.59. The van der Waals surface area contributed by atoms with Gasteiger partial charge >= 0.3 is 0 Å². The van der Waals surface area contributed by atoms with E-state index < -0.39 is 0 Å². The Balaban J connectivity index is 1.26. The number of nitrogens with zero attached hydrogens (tertiary/aromatic N) is 1. The Morgan fingerprint density at radius 1 is 0.510 bits per heavy atom. The summed E-state index contributed by atoms with van der Waals surface area (Å²) < 4.78 is 0. The van der Waals surface area contributed by atoms with E-state index >= 15 is 0 Å². The fourth-order valence-corrected chi connectivity index (χ4v) is 8.59. The van der Waals surface area contributed by atoms with Gasteiger partial charge in [-0.25, -0.2) is 0 Å². The minimum atomic E-state index is -0.0805. The summed E-state index contributed by atoms with van der Waals surface area (Å²) in [6.07, 6.45) is 7.24. The van der Waals surface area contributed by atoms with Crippen LogP contribution in [0.3, 0.4) is 0 Å². The van der Waals surface area contributed by atoms with Crippen molar-refractivity contribution < 1.29 is 0 Å². The number of para-hydroxylation sites is 2. The van der Waals surface area contributed by atoms with Crippen LogP contribution in [0.15, 0.2) is 182 Å². The van der Waals surface area contributed by atoms with Crippen molar-refractivity contribution in [2.24, 2.45) is 5.92 Å². The van der Waals surface area contributed by atoms with Gasteiger partial charge in [-0.1, -0.05) is 185 Å². The number of allylic oxidation sites excluding steroid dienone is 2. The third-order valence-electron chi connectivity index (χ3n) is 11.1. The molecule has 0 aliphatic heterocycles. The number of benzene rings is 7. The van der Waals surface area contributed by atoms with Gasteiger partial charge in [0.15, 0.2) is 0 Å². The predicted molar refractivity (Wildman–Crippen MR) is 217 cm³/mol. The Hall–Kier alpha value is -5.92. The molecule has 0 radical (unpaired) electrons. The zero-order chi connectivity index (χ0) is 34.5. The summed E-state index contributed by atoms with van der Waals surface area (Å²) in [6, 6.07) is 60.2. The lowest BCUT2D eigenvalue weighted by Crippen LogP contribution is -2.36. The lowest BCUT2D eigenvalue weighted by Gasteiger charge is -2.39. The normalized spacial score (nSPS) is 17.1. The van der Waals surface area contributed by atoms with E-state index in [9.17, 15) is 0 Å². The first kappa shape index (κ1) is 31.1. The second kappa shape index (κ2) is 12.4. The zero-order valence-corrected chi connectivity index (χ0v) is 29.4. The fourth-order valence-electron chi connectivity index (χ4n) is 8.59. The topological polar surface area (TPSA) is 3.24 Å². The maximum absolute atomic E-state index is 2.61. The van der Waals surface area contributed by atoms with Crippen LogP contribution >= 0.6 is 0 Å². The van der Waals surface area contributed by atoms with E-state index in [1.54, 1.807) is 0 Å². The van der Waals surface area contributed by atoms with Gasteiger partial charge in [0.1, 0.15) is 0 Å². The maximum atomic E-state index is 2.61. The van der Waals surface area contributed by atoms with Gasteiger partial charge in [-0.3, -0.25) is 0 Å². The molecular formula is C50H41N. The molecular weight excluding hydrogens is 615 g/mol. The molecule has 0 saturated carbocycles. The molecule has 2 aliphatic rings. The minimum absolute atomic E-state index is 0.0805. The van der Waals surface area contributed by atoms with Gasteiger partial charge in [0.05, 0.1) is 11.7 Å². The van der Waals surface area contributed by atoms with Gasteiger partial charge < -0.3 is 4.90 Å². The Bertz CT molecular complexity index is 2470. The Labute approximate surface area is 301 Å². The lowest BCUT2D eigenvalue weighted by atomic mass is 9.81. The molecule has 0 spiro atoms. The van der Waals surface area contributed by atoms with Gasteiger partial charge in [-0.15, -0.1) is 0 Å². The van der Waals surface area contributed by atoms with Crippen LogP contribution in [0.5, 0.6) is 0 Å². The van der Waals surface area contributed by atoms with Crippen LogP contribution in [0.25, 0.3) is 49.7 Å².